The number of hydrogen-bond acceptors (Lipinski definition) is 6. The van der Waals surface area contributed by atoms with E-state index in [0.29, 0.717) is 0 Å². The molecule has 0 aromatic heterocycles. The molecule has 0 bridgehead atoms. The molecule has 1 fully saturated rings. The van der Waals surface area contributed by atoms with Crippen molar-refractivity contribution in [2.45, 2.75) is 76.8 Å². The van der Waals surface area contributed by atoms with Crippen molar-refractivity contribution in [3.8, 4) is 23.0 Å². The van der Waals surface area contributed by atoms with Crippen molar-refractivity contribution in [2.75, 3.05) is 28.4 Å². The lowest BCUT2D eigenvalue weighted by atomic mass is 9.65. The molecule has 58 heavy (non-hydrogen) atoms. The molecular formula is C52H58N2O4. The van der Waals surface area contributed by atoms with Gasteiger partial charge in [0.1, 0.15) is 23.0 Å². The van der Waals surface area contributed by atoms with Gasteiger partial charge >= 0.3 is 0 Å². The first kappa shape index (κ1) is 40.6. The van der Waals surface area contributed by atoms with Gasteiger partial charge in [0.15, 0.2) is 0 Å². The Morgan fingerprint density at radius 1 is 0.328 bits per heavy atom. The van der Waals surface area contributed by atoms with E-state index in [9.17, 15) is 0 Å². The lowest BCUT2D eigenvalue weighted by molar-refractivity contribution is 0.247. The summed E-state index contributed by atoms with van der Waals surface area (Å²) in [5.41, 5.74) is 10.6. The highest BCUT2D eigenvalue weighted by atomic mass is 16.5. The summed E-state index contributed by atoms with van der Waals surface area (Å²) in [4.78, 5) is 5.03. The van der Waals surface area contributed by atoms with Gasteiger partial charge in [0, 0.05) is 44.7 Å². The van der Waals surface area contributed by atoms with E-state index in [4.69, 9.17) is 18.9 Å². The number of hydrogen-bond donors (Lipinski definition) is 0. The number of methoxy groups -OCH3 is 4. The highest BCUT2D eigenvalue weighted by molar-refractivity contribution is 5.42. The highest BCUT2D eigenvalue weighted by Crippen LogP contribution is 2.45. The minimum atomic E-state index is 0.0209. The van der Waals surface area contributed by atoms with Crippen LogP contribution in [0.5, 0.6) is 23.0 Å². The second kappa shape index (κ2) is 19.7. The third-order valence-corrected chi connectivity index (χ3v) is 11.8. The molecule has 1 saturated carbocycles. The molecule has 0 spiro atoms. The Morgan fingerprint density at radius 2 is 0.552 bits per heavy atom. The molecule has 7 rings (SSSR count). The van der Waals surface area contributed by atoms with E-state index in [1.54, 1.807) is 28.4 Å². The molecule has 0 unspecified atom stereocenters. The fourth-order valence-electron chi connectivity index (χ4n) is 8.57. The molecular weight excluding hydrogens is 717 g/mol. The maximum Gasteiger partial charge on any atom is 0.118 e. The van der Waals surface area contributed by atoms with Gasteiger partial charge in [0.25, 0.3) is 0 Å². The van der Waals surface area contributed by atoms with Crippen LogP contribution in [0, 0.1) is 0 Å². The molecule has 1 aliphatic rings. The van der Waals surface area contributed by atoms with Crippen LogP contribution in [-0.4, -0.2) is 38.2 Å². The molecule has 0 saturated heterocycles. The number of benzene rings is 6. The van der Waals surface area contributed by atoms with Gasteiger partial charge < -0.3 is 18.9 Å². The minimum absolute atomic E-state index is 0.0209. The van der Waals surface area contributed by atoms with E-state index in [0.717, 1.165) is 62.3 Å². The van der Waals surface area contributed by atoms with Crippen molar-refractivity contribution in [1.29, 1.82) is 0 Å². The number of ether oxygens (including phenoxy) is 4. The van der Waals surface area contributed by atoms with Gasteiger partial charge in [-0.1, -0.05) is 116 Å². The first-order valence-corrected chi connectivity index (χ1v) is 20.6. The lowest BCUT2D eigenvalue weighted by Gasteiger charge is -2.39. The van der Waals surface area contributed by atoms with E-state index in [1.165, 1.54) is 76.6 Å². The van der Waals surface area contributed by atoms with E-state index >= 15 is 0 Å². The normalized spacial score (nSPS) is 13.7. The van der Waals surface area contributed by atoms with Crippen LogP contribution in [-0.2, 0) is 44.7 Å². The van der Waals surface area contributed by atoms with Crippen LogP contribution in [0.2, 0.25) is 0 Å². The van der Waals surface area contributed by atoms with Crippen LogP contribution >= 0.6 is 0 Å². The molecule has 0 heterocycles. The topological polar surface area (TPSA) is 43.4 Å². The fraction of sp³-hybridized carbons (Fsp3) is 0.308. The smallest absolute Gasteiger partial charge is 0.118 e. The van der Waals surface area contributed by atoms with E-state index in [-0.39, 0.29) is 5.41 Å². The van der Waals surface area contributed by atoms with E-state index < -0.39 is 0 Å². The van der Waals surface area contributed by atoms with Crippen molar-refractivity contribution in [3.63, 3.8) is 0 Å². The van der Waals surface area contributed by atoms with Gasteiger partial charge in [0.05, 0.1) is 28.4 Å². The molecule has 0 radical (unpaired) electrons. The summed E-state index contributed by atoms with van der Waals surface area (Å²) in [6.07, 6.45) is 6.15. The lowest BCUT2D eigenvalue weighted by Crippen LogP contribution is -2.30. The third-order valence-electron chi connectivity index (χ3n) is 11.8. The van der Waals surface area contributed by atoms with Gasteiger partial charge in [-0.25, -0.2) is 0 Å². The molecule has 6 heteroatoms. The largest absolute Gasteiger partial charge is 0.497 e. The van der Waals surface area contributed by atoms with Gasteiger partial charge in [-0.2, -0.15) is 0 Å². The Balaban J connectivity index is 1.09. The predicted molar refractivity (Wildman–Crippen MR) is 235 cm³/mol. The molecule has 0 atom stereocenters. The molecule has 0 aliphatic heterocycles. The van der Waals surface area contributed by atoms with Crippen molar-refractivity contribution >= 4 is 0 Å². The monoisotopic (exact) mass is 774 g/mol. The van der Waals surface area contributed by atoms with Crippen LogP contribution in [0.15, 0.2) is 146 Å². The van der Waals surface area contributed by atoms with Gasteiger partial charge in [0.2, 0.25) is 0 Å². The molecule has 6 nitrogen and oxygen atoms in total. The Bertz CT molecular complexity index is 1870. The second-order valence-corrected chi connectivity index (χ2v) is 15.7. The molecule has 0 N–H and O–H groups in total. The Morgan fingerprint density at radius 3 is 0.776 bits per heavy atom. The maximum absolute atomic E-state index is 5.43. The van der Waals surface area contributed by atoms with E-state index in [1.807, 2.05) is 48.5 Å². The van der Waals surface area contributed by atoms with Gasteiger partial charge in [-0.3, -0.25) is 9.80 Å². The number of rotatable bonds is 18. The third kappa shape index (κ3) is 10.5. The van der Waals surface area contributed by atoms with Gasteiger partial charge in [-0.15, -0.1) is 0 Å². The zero-order valence-electron chi connectivity index (χ0n) is 34.7. The summed E-state index contributed by atoms with van der Waals surface area (Å²) >= 11 is 0. The van der Waals surface area contributed by atoms with E-state index in [2.05, 4.69) is 107 Å². The summed E-state index contributed by atoms with van der Waals surface area (Å²) < 4.78 is 21.7. The van der Waals surface area contributed by atoms with Crippen LogP contribution in [0.25, 0.3) is 0 Å². The first-order chi connectivity index (χ1) is 28.4. The standard InChI is InChI=1S/C52H58N2O4/c1-55-48-24-12-42(13-25-48)36-53(37-43-14-26-49(56-2)27-15-43)34-40-8-20-46(21-9-40)52(32-6-5-7-33-52)47-22-10-41(11-23-47)35-54(38-44-16-28-50(57-3)29-17-44)39-45-18-30-51(58-4)31-19-45/h8-31H,5-7,32-39H2,1-4H3. The molecule has 6 aromatic rings. The Labute approximate surface area is 346 Å². The zero-order chi connectivity index (χ0) is 40.2. The zero-order valence-corrected chi connectivity index (χ0v) is 34.7. The SMILES string of the molecule is COc1ccc(CN(Cc2ccc(OC)cc2)Cc2ccc(C3(c4ccc(CN(Cc5ccc(OC)cc5)Cc5ccc(OC)cc5)cc4)CCCCC3)cc2)cc1. The fourth-order valence-corrected chi connectivity index (χ4v) is 8.57. The predicted octanol–water partition coefficient (Wildman–Crippen LogP) is 11.4. The van der Waals surface area contributed by atoms with Crippen molar-refractivity contribution in [3.05, 3.63) is 190 Å². The summed E-state index contributed by atoms with van der Waals surface area (Å²) in [7, 11) is 6.86. The highest BCUT2D eigenvalue weighted by Gasteiger charge is 2.35. The summed E-state index contributed by atoms with van der Waals surface area (Å²) in [5.74, 6) is 3.51. The summed E-state index contributed by atoms with van der Waals surface area (Å²) in [5, 5.41) is 0. The summed E-state index contributed by atoms with van der Waals surface area (Å²) in [6.45, 7) is 5.06. The molecule has 1 aliphatic carbocycles. The molecule has 6 aromatic carbocycles. The Hall–Kier alpha value is -5.56. The maximum atomic E-state index is 5.43. The average molecular weight is 775 g/mol. The van der Waals surface area contributed by atoms with Crippen molar-refractivity contribution < 1.29 is 18.9 Å². The second-order valence-electron chi connectivity index (χ2n) is 15.7. The molecule has 300 valence electrons. The van der Waals surface area contributed by atoms with Crippen LogP contribution in [0.3, 0.4) is 0 Å². The summed E-state index contributed by atoms with van der Waals surface area (Å²) in [6, 6.07) is 52.9. The van der Waals surface area contributed by atoms with Crippen LogP contribution < -0.4 is 18.9 Å². The van der Waals surface area contributed by atoms with Crippen LogP contribution in [0.1, 0.15) is 76.6 Å². The molecule has 0 amide bonds. The minimum Gasteiger partial charge on any atom is -0.497 e. The van der Waals surface area contributed by atoms with Crippen molar-refractivity contribution in [2.24, 2.45) is 0 Å². The number of nitrogens with zero attached hydrogens (tertiary/aromatic N) is 2. The first-order valence-electron chi connectivity index (χ1n) is 20.6. The van der Waals surface area contributed by atoms with Gasteiger partial charge in [-0.05, 0) is 106 Å². The quantitative estimate of drug-likeness (QED) is 0.0866. The van der Waals surface area contributed by atoms with Crippen LogP contribution in [0.4, 0.5) is 0 Å². The average Bonchev–Trinajstić information content (AvgIpc) is 3.28. The van der Waals surface area contributed by atoms with Crippen molar-refractivity contribution in [1.82, 2.24) is 9.80 Å². The Kier molecular flexibility index (Phi) is 13.8.